The average Bonchev–Trinajstić information content (AvgIpc) is 2.82. The van der Waals surface area contributed by atoms with Gasteiger partial charge in [-0.2, -0.15) is 0 Å². The minimum Gasteiger partial charge on any atom is -0.353 e. The summed E-state index contributed by atoms with van der Waals surface area (Å²) < 4.78 is 0. The van der Waals surface area contributed by atoms with Crippen LogP contribution in [0.1, 0.15) is 42.0 Å². The highest BCUT2D eigenvalue weighted by atomic mass is 16.1. The molecule has 0 atom stereocenters. The molecule has 2 heterocycles. The number of amides is 1. The van der Waals surface area contributed by atoms with Crippen molar-refractivity contribution in [2.75, 3.05) is 19.6 Å². The van der Waals surface area contributed by atoms with Gasteiger partial charge in [-0.05, 0) is 49.1 Å². The predicted octanol–water partition coefficient (Wildman–Crippen LogP) is 4.43. The lowest BCUT2D eigenvalue weighted by molar-refractivity contribution is -0.121. The lowest BCUT2D eigenvalue weighted by atomic mass is 9.88. The second kappa shape index (κ2) is 10.9. The summed E-state index contributed by atoms with van der Waals surface area (Å²) in [5, 5.41) is 3.20. The molecule has 1 aliphatic heterocycles. The van der Waals surface area contributed by atoms with Crippen molar-refractivity contribution in [3.63, 3.8) is 0 Å². The largest absolute Gasteiger partial charge is 0.353 e. The van der Waals surface area contributed by atoms with Crippen LogP contribution in [-0.4, -0.2) is 41.5 Å². The fraction of sp³-hybridized carbons (Fsp3) is 0.333. The standard InChI is InChI=1S/C27H31N3O/c31-27(21-25-13-7-8-17-28-25)29-24-14-18-30(19-15-24)20-16-26(22-9-3-1-4-10-22)23-11-5-2-6-12-23/h1-13,17,24,26H,14-16,18-21H2,(H,29,31). The van der Waals surface area contributed by atoms with Gasteiger partial charge in [-0.1, -0.05) is 66.7 Å². The zero-order valence-electron chi connectivity index (χ0n) is 18.0. The molecule has 0 spiro atoms. The number of benzene rings is 2. The van der Waals surface area contributed by atoms with E-state index in [4.69, 9.17) is 0 Å². The van der Waals surface area contributed by atoms with Crippen LogP contribution in [0.5, 0.6) is 0 Å². The zero-order chi connectivity index (χ0) is 21.3. The van der Waals surface area contributed by atoms with Crippen molar-refractivity contribution < 1.29 is 4.79 Å². The minimum atomic E-state index is 0.0744. The molecule has 0 bridgehead atoms. The first kappa shape index (κ1) is 21.3. The second-order valence-corrected chi connectivity index (χ2v) is 8.34. The van der Waals surface area contributed by atoms with E-state index in [1.54, 1.807) is 6.20 Å². The first-order valence-electron chi connectivity index (χ1n) is 11.3. The maximum Gasteiger partial charge on any atom is 0.226 e. The van der Waals surface area contributed by atoms with Gasteiger partial charge >= 0.3 is 0 Å². The highest BCUT2D eigenvalue weighted by Crippen LogP contribution is 2.28. The lowest BCUT2D eigenvalue weighted by Crippen LogP contribution is -2.45. The number of aromatic nitrogens is 1. The van der Waals surface area contributed by atoms with Gasteiger partial charge in [-0.15, -0.1) is 0 Å². The molecule has 1 saturated heterocycles. The van der Waals surface area contributed by atoms with Gasteiger partial charge in [0.05, 0.1) is 6.42 Å². The third kappa shape index (κ3) is 6.25. The Bertz CT molecular complexity index is 883. The molecule has 1 N–H and O–H groups in total. The number of carbonyl (C=O) groups excluding carboxylic acids is 1. The van der Waals surface area contributed by atoms with Gasteiger partial charge in [0.15, 0.2) is 0 Å². The first-order chi connectivity index (χ1) is 15.3. The van der Waals surface area contributed by atoms with Crippen LogP contribution in [0, 0.1) is 0 Å². The molecule has 4 nitrogen and oxygen atoms in total. The molecule has 1 amide bonds. The van der Waals surface area contributed by atoms with Crippen molar-refractivity contribution in [2.24, 2.45) is 0 Å². The van der Waals surface area contributed by atoms with Crippen molar-refractivity contribution >= 4 is 5.91 Å². The Morgan fingerprint density at radius 3 is 2.10 bits per heavy atom. The van der Waals surface area contributed by atoms with E-state index >= 15 is 0 Å². The van der Waals surface area contributed by atoms with Crippen LogP contribution in [0.2, 0.25) is 0 Å². The van der Waals surface area contributed by atoms with E-state index in [2.05, 4.69) is 75.9 Å². The molecule has 160 valence electrons. The Labute approximate surface area is 185 Å². The summed E-state index contributed by atoms with van der Waals surface area (Å²) in [5.41, 5.74) is 3.58. The summed E-state index contributed by atoms with van der Waals surface area (Å²) in [6.45, 7) is 3.14. The summed E-state index contributed by atoms with van der Waals surface area (Å²) >= 11 is 0. The van der Waals surface area contributed by atoms with E-state index in [0.717, 1.165) is 44.6 Å². The van der Waals surface area contributed by atoms with Crippen LogP contribution in [0.4, 0.5) is 0 Å². The van der Waals surface area contributed by atoms with Crippen molar-refractivity contribution in [3.8, 4) is 0 Å². The van der Waals surface area contributed by atoms with Crippen molar-refractivity contribution in [1.29, 1.82) is 0 Å². The number of carbonyl (C=O) groups is 1. The normalized spacial score (nSPS) is 15.1. The van der Waals surface area contributed by atoms with Crippen LogP contribution in [-0.2, 0) is 11.2 Å². The Morgan fingerprint density at radius 1 is 0.903 bits per heavy atom. The Kier molecular flexibility index (Phi) is 7.46. The molecule has 0 aliphatic carbocycles. The Balaban J connectivity index is 1.26. The van der Waals surface area contributed by atoms with Crippen LogP contribution in [0.3, 0.4) is 0 Å². The Hall–Kier alpha value is -2.98. The molecular weight excluding hydrogens is 382 g/mol. The maximum absolute atomic E-state index is 12.3. The number of hydrogen-bond acceptors (Lipinski definition) is 3. The first-order valence-corrected chi connectivity index (χ1v) is 11.3. The predicted molar refractivity (Wildman–Crippen MR) is 125 cm³/mol. The summed E-state index contributed by atoms with van der Waals surface area (Å²) in [5.74, 6) is 0.489. The lowest BCUT2D eigenvalue weighted by Gasteiger charge is -2.33. The van der Waals surface area contributed by atoms with Gasteiger partial charge in [0.1, 0.15) is 0 Å². The van der Waals surface area contributed by atoms with E-state index < -0.39 is 0 Å². The van der Waals surface area contributed by atoms with E-state index in [-0.39, 0.29) is 11.9 Å². The van der Waals surface area contributed by atoms with Gasteiger partial charge in [0, 0.05) is 36.9 Å². The highest BCUT2D eigenvalue weighted by molar-refractivity contribution is 5.78. The number of nitrogens with zero attached hydrogens (tertiary/aromatic N) is 2. The van der Waals surface area contributed by atoms with E-state index in [1.807, 2.05) is 18.2 Å². The molecule has 4 rings (SSSR count). The minimum absolute atomic E-state index is 0.0744. The quantitative estimate of drug-likeness (QED) is 0.594. The third-order valence-electron chi connectivity index (χ3n) is 6.16. The van der Waals surface area contributed by atoms with Crippen molar-refractivity contribution in [1.82, 2.24) is 15.2 Å². The Morgan fingerprint density at radius 2 is 1.52 bits per heavy atom. The van der Waals surface area contributed by atoms with Gasteiger partial charge in [0.25, 0.3) is 0 Å². The molecular formula is C27H31N3O. The van der Waals surface area contributed by atoms with Crippen molar-refractivity contribution in [3.05, 3.63) is 102 Å². The average molecular weight is 414 g/mol. The van der Waals surface area contributed by atoms with E-state index in [9.17, 15) is 4.79 Å². The van der Waals surface area contributed by atoms with Gasteiger partial charge in [-0.3, -0.25) is 9.78 Å². The van der Waals surface area contributed by atoms with E-state index in [1.165, 1.54) is 11.1 Å². The molecule has 0 radical (unpaired) electrons. The maximum atomic E-state index is 12.3. The smallest absolute Gasteiger partial charge is 0.226 e. The van der Waals surface area contributed by atoms with Gasteiger partial charge in [-0.25, -0.2) is 0 Å². The molecule has 4 heteroatoms. The van der Waals surface area contributed by atoms with E-state index in [0.29, 0.717) is 12.3 Å². The number of piperidine rings is 1. The van der Waals surface area contributed by atoms with Crippen molar-refractivity contribution in [2.45, 2.75) is 37.6 Å². The molecule has 1 aromatic heterocycles. The zero-order valence-corrected chi connectivity index (χ0v) is 18.0. The number of nitrogens with one attached hydrogen (secondary N) is 1. The molecule has 1 fully saturated rings. The fourth-order valence-electron chi connectivity index (χ4n) is 4.45. The molecule has 31 heavy (non-hydrogen) atoms. The molecule has 3 aromatic rings. The third-order valence-corrected chi connectivity index (χ3v) is 6.16. The molecule has 1 aliphatic rings. The van der Waals surface area contributed by atoms with Crippen LogP contribution >= 0.6 is 0 Å². The monoisotopic (exact) mass is 413 g/mol. The second-order valence-electron chi connectivity index (χ2n) is 8.34. The fourth-order valence-corrected chi connectivity index (χ4v) is 4.45. The number of rotatable bonds is 8. The summed E-state index contributed by atoms with van der Waals surface area (Å²) in [6, 6.07) is 27.6. The SMILES string of the molecule is O=C(Cc1ccccn1)NC1CCN(CCC(c2ccccc2)c2ccccc2)CC1. The summed E-state index contributed by atoms with van der Waals surface area (Å²) in [4.78, 5) is 19.1. The topological polar surface area (TPSA) is 45.2 Å². The highest BCUT2D eigenvalue weighted by Gasteiger charge is 2.22. The van der Waals surface area contributed by atoms with Gasteiger partial charge < -0.3 is 10.2 Å². The number of pyridine rings is 1. The number of hydrogen-bond donors (Lipinski definition) is 1. The number of likely N-dealkylation sites (tertiary alicyclic amines) is 1. The van der Waals surface area contributed by atoms with Crippen LogP contribution < -0.4 is 5.32 Å². The summed E-state index contributed by atoms with van der Waals surface area (Å²) in [7, 11) is 0. The van der Waals surface area contributed by atoms with Crippen LogP contribution in [0.25, 0.3) is 0 Å². The van der Waals surface area contributed by atoms with Gasteiger partial charge in [0.2, 0.25) is 5.91 Å². The molecule has 0 saturated carbocycles. The molecule has 2 aromatic carbocycles. The summed E-state index contributed by atoms with van der Waals surface area (Å²) in [6.07, 6.45) is 5.21. The van der Waals surface area contributed by atoms with Crippen LogP contribution in [0.15, 0.2) is 85.1 Å². The molecule has 0 unspecified atom stereocenters.